The van der Waals surface area contributed by atoms with Gasteiger partial charge in [-0.2, -0.15) is 0 Å². The molecule has 1 fully saturated rings. The zero-order valence-electron chi connectivity index (χ0n) is 10.0. The molecule has 2 N–H and O–H groups in total. The standard InChI is InChI=1S/C12H25NO/c1-9-5-6-10(8-13)11(7-9)14-12(2,3)4/h9-11H,5-8,13H2,1-4H3. The van der Waals surface area contributed by atoms with Gasteiger partial charge in [0.15, 0.2) is 0 Å². The third-order valence-electron chi connectivity index (χ3n) is 3.00. The van der Waals surface area contributed by atoms with Crippen LogP contribution in [-0.4, -0.2) is 18.2 Å². The number of nitrogens with two attached hydrogens (primary N) is 1. The van der Waals surface area contributed by atoms with Crippen LogP contribution in [0.1, 0.15) is 47.0 Å². The van der Waals surface area contributed by atoms with E-state index in [0.717, 1.165) is 12.5 Å². The van der Waals surface area contributed by atoms with Crippen molar-refractivity contribution in [3.8, 4) is 0 Å². The zero-order chi connectivity index (χ0) is 10.8. The molecule has 84 valence electrons. The van der Waals surface area contributed by atoms with Gasteiger partial charge in [0.2, 0.25) is 0 Å². The molecule has 0 spiro atoms. The predicted octanol–water partition coefficient (Wildman–Crippen LogP) is 2.57. The Hall–Kier alpha value is -0.0800. The Morgan fingerprint density at radius 1 is 1.29 bits per heavy atom. The monoisotopic (exact) mass is 199 g/mol. The number of rotatable bonds is 2. The lowest BCUT2D eigenvalue weighted by molar-refractivity contribution is -0.104. The first-order valence-corrected chi connectivity index (χ1v) is 5.80. The molecule has 3 atom stereocenters. The van der Waals surface area contributed by atoms with Gasteiger partial charge in [-0.1, -0.05) is 13.3 Å². The first-order chi connectivity index (χ1) is 6.42. The van der Waals surface area contributed by atoms with Crippen molar-refractivity contribution in [2.45, 2.75) is 58.7 Å². The highest BCUT2D eigenvalue weighted by molar-refractivity contribution is 4.81. The van der Waals surface area contributed by atoms with E-state index in [0.29, 0.717) is 12.0 Å². The van der Waals surface area contributed by atoms with Crippen molar-refractivity contribution in [2.24, 2.45) is 17.6 Å². The van der Waals surface area contributed by atoms with Crippen LogP contribution in [0, 0.1) is 11.8 Å². The van der Waals surface area contributed by atoms with Crippen LogP contribution in [0.25, 0.3) is 0 Å². The van der Waals surface area contributed by atoms with Gasteiger partial charge >= 0.3 is 0 Å². The molecule has 14 heavy (non-hydrogen) atoms. The third-order valence-corrected chi connectivity index (χ3v) is 3.00. The van der Waals surface area contributed by atoms with E-state index in [1.54, 1.807) is 0 Å². The van der Waals surface area contributed by atoms with Gasteiger partial charge in [-0.15, -0.1) is 0 Å². The Morgan fingerprint density at radius 3 is 2.43 bits per heavy atom. The summed E-state index contributed by atoms with van der Waals surface area (Å²) in [4.78, 5) is 0. The Bertz CT molecular complexity index is 174. The summed E-state index contributed by atoms with van der Waals surface area (Å²) in [6, 6.07) is 0. The molecule has 3 unspecified atom stereocenters. The second kappa shape index (κ2) is 4.63. The molecule has 0 bridgehead atoms. The molecule has 0 aromatic carbocycles. The van der Waals surface area contributed by atoms with Crippen LogP contribution in [-0.2, 0) is 4.74 Å². The summed E-state index contributed by atoms with van der Waals surface area (Å²) < 4.78 is 6.07. The van der Waals surface area contributed by atoms with Crippen molar-refractivity contribution in [2.75, 3.05) is 6.54 Å². The SMILES string of the molecule is CC1CCC(CN)C(OC(C)(C)C)C1. The average Bonchev–Trinajstić information content (AvgIpc) is 2.01. The van der Waals surface area contributed by atoms with Crippen molar-refractivity contribution in [1.82, 2.24) is 0 Å². The molecule has 0 heterocycles. The molecule has 1 aliphatic rings. The van der Waals surface area contributed by atoms with Gasteiger partial charge in [0, 0.05) is 0 Å². The van der Waals surface area contributed by atoms with E-state index in [2.05, 4.69) is 27.7 Å². The molecule has 0 aliphatic heterocycles. The summed E-state index contributed by atoms with van der Waals surface area (Å²) in [5.41, 5.74) is 5.75. The van der Waals surface area contributed by atoms with Gasteiger partial charge in [-0.3, -0.25) is 0 Å². The minimum absolute atomic E-state index is 0.0326. The predicted molar refractivity (Wildman–Crippen MR) is 60.2 cm³/mol. The number of hydrogen-bond acceptors (Lipinski definition) is 2. The second-order valence-corrected chi connectivity index (χ2v) is 5.68. The highest BCUT2D eigenvalue weighted by Gasteiger charge is 2.31. The van der Waals surface area contributed by atoms with Crippen molar-refractivity contribution >= 4 is 0 Å². The minimum atomic E-state index is -0.0326. The molecule has 1 aliphatic carbocycles. The summed E-state index contributed by atoms with van der Waals surface area (Å²) in [6.07, 6.45) is 4.10. The van der Waals surface area contributed by atoms with Gasteiger partial charge in [0.1, 0.15) is 0 Å². The zero-order valence-corrected chi connectivity index (χ0v) is 10.0. The van der Waals surface area contributed by atoms with E-state index >= 15 is 0 Å². The van der Waals surface area contributed by atoms with Crippen molar-refractivity contribution in [3.05, 3.63) is 0 Å². The maximum Gasteiger partial charge on any atom is 0.0625 e. The molecule has 0 amide bonds. The van der Waals surface area contributed by atoms with Gasteiger partial charge in [-0.25, -0.2) is 0 Å². The van der Waals surface area contributed by atoms with Crippen LogP contribution in [0.2, 0.25) is 0 Å². The highest BCUT2D eigenvalue weighted by atomic mass is 16.5. The fourth-order valence-corrected chi connectivity index (χ4v) is 2.26. The lowest BCUT2D eigenvalue weighted by atomic mass is 9.80. The van der Waals surface area contributed by atoms with E-state index in [1.807, 2.05) is 0 Å². The third kappa shape index (κ3) is 3.58. The molecule has 2 nitrogen and oxygen atoms in total. The molecule has 0 saturated heterocycles. The average molecular weight is 199 g/mol. The lowest BCUT2D eigenvalue weighted by Crippen LogP contribution is -2.40. The maximum atomic E-state index is 6.07. The molecule has 1 rings (SSSR count). The largest absolute Gasteiger partial charge is 0.372 e. The van der Waals surface area contributed by atoms with Gasteiger partial charge in [0.25, 0.3) is 0 Å². The topological polar surface area (TPSA) is 35.2 Å². The van der Waals surface area contributed by atoms with Crippen LogP contribution in [0.15, 0.2) is 0 Å². The summed E-state index contributed by atoms with van der Waals surface area (Å²) >= 11 is 0. The van der Waals surface area contributed by atoms with E-state index in [-0.39, 0.29) is 5.60 Å². The number of ether oxygens (including phenoxy) is 1. The molecule has 0 aromatic rings. The van der Waals surface area contributed by atoms with E-state index in [4.69, 9.17) is 10.5 Å². The Balaban J connectivity index is 2.53. The maximum absolute atomic E-state index is 6.07. The normalized spacial score (nSPS) is 34.5. The first-order valence-electron chi connectivity index (χ1n) is 5.80. The molecule has 2 heteroatoms. The molecule has 0 radical (unpaired) electrons. The lowest BCUT2D eigenvalue weighted by Gasteiger charge is -2.38. The van der Waals surface area contributed by atoms with Gasteiger partial charge < -0.3 is 10.5 Å². The molecular formula is C12H25NO. The molecule has 1 saturated carbocycles. The van der Waals surface area contributed by atoms with Crippen LogP contribution >= 0.6 is 0 Å². The first kappa shape index (κ1) is 12.0. The molecular weight excluding hydrogens is 174 g/mol. The van der Waals surface area contributed by atoms with E-state index in [1.165, 1.54) is 19.3 Å². The van der Waals surface area contributed by atoms with Crippen molar-refractivity contribution < 1.29 is 4.74 Å². The van der Waals surface area contributed by atoms with Crippen molar-refractivity contribution in [1.29, 1.82) is 0 Å². The Morgan fingerprint density at radius 2 is 1.93 bits per heavy atom. The smallest absolute Gasteiger partial charge is 0.0625 e. The van der Waals surface area contributed by atoms with Crippen molar-refractivity contribution in [3.63, 3.8) is 0 Å². The summed E-state index contributed by atoms with van der Waals surface area (Å²) in [5.74, 6) is 1.37. The highest BCUT2D eigenvalue weighted by Crippen LogP contribution is 2.32. The van der Waals surface area contributed by atoms with Crippen LogP contribution in [0.4, 0.5) is 0 Å². The van der Waals surface area contributed by atoms with Gasteiger partial charge in [-0.05, 0) is 52.0 Å². The quantitative estimate of drug-likeness (QED) is 0.742. The summed E-state index contributed by atoms with van der Waals surface area (Å²) in [7, 11) is 0. The summed E-state index contributed by atoms with van der Waals surface area (Å²) in [5, 5.41) is 0. The van der Waals surface area contributed by atoms with Gasteiger partial charge in [0.05, 0.1) is 11.7 Å². The van der Waals surface area contributed by atoms with Crippen LogP contribution < -0.4 is 5.73 Å². The van der Waals surface area contributed by atoms with E-state index in [9.17, 15) is 0 Å². The van der Waals surface area contributed by atoms with E-state index < -0.39 is 0 Å². The number of hydrogen-bond donors (Lipinski definition) is 1. The fraction of sp³-hybridized carbons (Fsp3) is 1.00. The van der Waals surface area contributed by atoms with Crippen LogP contribution in [0.3, 0.4) is 0 Å². The Labute approximate surface area is 88.2 Å². The molecule has 0 aromatic heterocycles. The van der Waals surface area contributed by atoms with Crippen LogP contribution in [0.5, 0.6) is 0 Å². The second-order valence-electron chi connectivity index (χ2n) is 5.68. The fourth-order valence-electron chi connectivity index (χ4n) is 2.26. The Kier molecular flexibility index (Phi) is 3.96. The summed E-state index contributed by atoms with van der Waals surface area (Å²) in [6.45, 7) is 9.46. The minimum Gasteiger partial charge on any atom is -0.372 e.